The highest BCUT2D eigenvalue weighted by atomic mass is 35.5. The Morgan fingerprint density at radius 2 is 1.85 bits per heavy atom. The zero-order valence-electron chi connectivity index (χ0n) is 19.1. The summed E-state index contributed by atoms with van der Waals surface area (Å²) in [6.45, 7) is 1.69. The molecule has 1 heterocycles. The Hall–Kier alpha value is -2.40. The minimum atomic E-state index is -1.61. The lowest BCUT2D eigenvalue weighted by Gasteiger charge is -2.32. The van der Waals surface area contributed by atoms with Gasteiger partial charge < -0.3 is 20.1 Å². The molecule has 188 valence electrons. The Balaban J connectivity index is 1.56. The van der Waals surface area contributed by atoms with Gasteiger partial charge in [-0.2, -0.15) is 0 Å². The van der Waals surface area contributed by atoms with Crippen molar-refractivity contribution in [2.24, 2.45) is 11.7 Å². The molecule has 1 aromatic carbocycles. The van der Waals surface area contributed by atoms with Crippen molar-refractivity contribution in [1.82, 2.24) is 10.2 Å². The van der Waals surface area contributed by atoms with E-state index in [1.165, 1.54) is 6.42 Å². The number of hydrogen-bond acceptors (Lipinski definition) is 7. The van der Waals surface area contributed by atoms with Crippen LogP contribution >= 0.6 is 11.6 Å². The molecular formula is C23H32ClN3O7. The lowest BCUT2D eigenvalue weighted by atomic mass is 9.85. The number of carbonyl (C=O) groups is 3. The molecule has 3 rings (SSSR count). The minimum Gasteiger partial charge on any atom is -0.436 e. The van der Waals surface area contributed by atoms with Crippen LogP contribution in [-0.4, -0.2) is 61.4 Å². The molecule has 1 aromatic rings. The monoisotopic (exact) mass is 497 g/mol. The molecule has 1 saturated carbocycles. The van der Waals surface area contributed by atoms with Gasteiger partial charge in [0, 0.05) is 18.1 Å². The number of carbonyl (C=O) groups excluding carboxylic acids is 3. The fourth-order valence-corrected chi connectivity index (χ4v) is 4.30. The second-order valence-electron chi connectivity index (χ2n) is 8.45. The molecule has 2 atom stereocenters. The lowest BCUT2D eigenvalue weighted by Crippen LogP contribution is -2.51. The molecule has 1 aliphatic heterocycles. The first kappa shape index (κ1) is 26.2. The maximum Gasteiger partial charge on any atom is 0.410 e. The average molecular weight is 498 g/mol. The third-order valence-electron chi connectivity index (χ3n) is 5.96. The molecule has 0 aromatic heterocycles. The SMILES string of the molecule is NC(=O)[C@@H](NC(=O)O[C@@H](CC1CCCCC1)C(=O)N1CCOCC1)OOCc1ccccc1Cl. The van der Waals surface area contributed by atoms with E-state index in [4.69, 9.17) is 36.6 Å². The van der Waals surface area contributed by atoms with Crippen molar-refractivity contribution in [3.63, 3.8) is 0 Å². The van der Waals surface area contributed by atoms with E-state index in [1.807, 2.05) is 0 Å². The van der Waals surface area contributed by atoms with E-state index >= 15 is 0 Å². The predicted octanol–water partition coefficient (Wildman–Crippen LogP) is 2.52. The third kappa shape index (κ3) is 8.12. The van der Waals surface area contributed by atoms with E-state index in [2.05, 4.69) is 5.32 Å². The van der Waals surface area contributed by atoms with Crippen LogP contribution in [0.15, 0.2) is 24.3 Å². The van der Waals surface area contributed by atoms with Crippen molar-refractivity contribution in [1.29, 1.82) is 0 Å². The lowest BCUT2D eigenvalue weighted by molar-refractivity contribution is -0.328. The van der Waals surface area contributed by atoms with Crippen molar-refractivity contribution in [2.45, 2.75) is 57.5 Å². The van der Waals surface area contributed by atoms with Crippen LogP contribution in [0, 0.1) is 5.92 Å². The second kappa shape index (κ2) is 13.5. The molecule has 3 amide bonds. The quantitative estimate of drug-likeness (QED) is 0.288. The standard InChI is InChI=1S/C23H32ClN3O7/c24-18-9-5-4-8-17(18)15-32-34-21(20(25)28)26-23(30)33-19(14-16-6-2-1-3-7-16)22(29)27-10-12-31-13-11-27/h4-5,8-9,16,19,21H,1-3,6-7,10-15H2,(H2,25,28)(H,26,30)/t19-,21-/m0/s1. The topological polar surface area (TPSA) is 129 Å². The van der Waals surface area contributed by atoms with E-state index < -0.39 is 24.3 Å². The van der Waals surface area contributed by atoms with Gasteiger partial charge in [-0.1, -0.05) is 61.9 Å². The van der Waals surface area contributed by atoms with Gasteiger partial charge in [0.15, 0.2) is 6.10 Å². The molecule has 2 fully saturated rings. The summed E-state index contributed by atoms with van der Waals surface area (Å²) in [7, 11) is 0. The Labute approximate surface area is 203 Å². The van der Waals surface area contributed by atoms with Crippen LogP contribution in [0.5, 0.6) is 0 Å². The molecule has 1 saturated heterocycles. The first-order chi connectivity index (χ1) is 16.4. The summed E-state index contributed by atoms with van der Waals surface area (Å²) < 4.78 is 10.8. The Morgan fingerprint density at radius 1 is 1.15 bits per heavy atom. The summed E-state index contributed by atoms with van der Waals surface area (Å²) in [5, 5.41) is 2.69. The minimum absolute atomic E-state index is 0.0694. The van der Waals surface area contributed by atoms with E-state index in [9.17, 15) is 14.4 Å². The summed E-state index contributed by atoms with van der Waals surface area (Å²) in [5.41, 5.74) is 5.95. The summed E-state index contributed by atoms with van der Waals surface area (Å²) in [4.78, 5) is 49.1. The van der Waals surface area contributed by atoms with Crippen LogP contribution in [0.1, 0.15) is 44.1 Å². The number of primary amides is 1. The maximum atomic E-state index is 13.1. The fraction of sp³-hybridized carbons (Fsp3) is 0.609. The van der Waals surface area contributed by atoms with E-state index in [0.717, 1.165) is 25.7 Å². The smallest absolute Gasteiger partial charge is 0.410 e. The van der Waals surface area contributed by atoms with Crippen molar-refractivity contribution in [3.05, 3.63) is 34.9 Å². The molecule has 3 N–H and O–H groups in total. The molecule has 10 nitrogen and oxygen atoms in total. The van der Waals surface area contributed by atoms with E-state index in [1.54, 1.807) is 29.2 Å². The Bertz CT molecular complexity index is 829. The highest BCUT2D eigenvalue weighted by Gasteiger charge is 2.33. The molecule has 11 heteroatoms. The first-order valence-corrected chi connectivity index (χ1v) is 12.0. The van der Waals surface area contributed by atoms with Crippen molar-refractivity contribution in [3.8, 4) is 0 Å². The molecule has 0 spiro atoms. The van der Waals surface area contributed by atoms with Gasteiger partial charge in [0.25, 0.3) is 11.8 Å². The maximum absolute atomic E-state index is 13.1. The highest BCUT2D eigenvalue weighted by molar-refractivity contribution is 6.31. The van der Waals surface area contributed by atoms with Crippen LogP contribution < -0.4 is 11.1 Å². The molecule has 34 heavy (non-hydrogen) atoms. The van der Waals surface area contributed by atoms with Gasteiger partial charge in [-0.3, -0.25) is 14.9 Å². The van der Waals surface area contributed by atoms with Crippen LogP contribution in [0.25, 0.3) is 0 Å². The third-order valence-corrected chi connectivity index (χ3v) is 6.33. The zero-order valence-corrected chi connectivity index (χ0v) is 19.8. The Kier molecular flexibility index (Phi) is 10.4. The first-order valence-electron chi connectivity index (χ1n) is 11.6. The van der Waals surface area contributed by atoms with E-state index in [-0.39, 0.29) is 12.5 Å². The normalized spacial score (nSPS) is 18.7. The largest absolute Gasteiger partial charge is 0.436 e. The number of benzene rings is 1. The average Bonchev–Trinajstić information content (AvgIpc) is 2.85. The van der Waals surface area contributed by atoms with Crippen molar-refractivity contribution >= 4 is 29.5 Å². The van der Waals surface area contributed by atoms with Gasteiger partial charge >= 0.3 is 6.09 Å². The number of nitrogens with zero attached hydrogens (tertiary/aromatic N) is 1. The van der Waals surface area contributed by atoms with E-state index in [0.29, 0.717) is 49.2 Å². The zero-order chi connectivity index (χ0) is 24.3. The van der Waals surface area contributed by atoms with Crippen molar-refractivity contribution in [2.75, 3.05) is 26.3 Å². The number of alkyl carbamates (subject to hydrolysis) is 1. The second-order valence-corrected chi connectivity index (χ2v) is 8.86. The van der Waals surface area contributed by atoms with Crippen LogP contribution in [0.4, 0.5) is 4.79 Å². The summed E-state index contributed by atoms with van der Waals surface area (Å²) in [6.07, 6.45) is 2.18. The van der Waals surface area contributed by atoms with Gasteiger partial charge in [-0.15, -0.1) is 0 Å². The van der Waals surface area contributed by atoms with Gasteiger partial charge in [-0.05, 0) is 24.0 Å². The van der Waals surface area contributed by atoms with Crippen LogP contribution in [0.2, 0.25) is 5.02 Å². The number of rotatable bonds is 10. The number of amides is 3. The number of nitrogens with one attached hydrogen (secondary N) is 1. The molecule has 2 aliphatic rings. The van der Waals surface area contributed by atoms with Crippen LogP contribution in [-0.2, 0) is 35.4 Å². The van der Waals surface area contributed by atoms with Crippen LogP contribution in [0.3, 0.4) is 0 Å². The highest BCUT2D eigenvalue weighted by Crippen LogP contribution is 2.29. The number of halogens is 1. The number of morpholine rings is 1. The predicted molar refractivity (Wildman–Crippen MR) is 122 cm³/mol. The number of hydrogen-bond donors (Lipinski definition) is 2. The number of nitrogens with two attached hydrogens (primary N) is 1. The summed E-state index contributed by atoms with van der Waals surface area (Å²) in [5.74, 6) is -0.964. The van der Waals surface area contributed by atoms with Gasteiger partial charge in [-0.25, -0.2) is 14.6 Å². The molecule has 0 radical (unpaired) electrons. The van der Waals surface area contributed by atoms with Crippen molar-refractivity contribution < 1.29 is 33.6 Å². The van der Waals surface area contributed by atoms with Gasteiger partial charge in [0.05, 0.1) is 13.2 Å². The summed E-state index contributed by atoms with van der Waals surface area (Å²) >= 11 is 6.06. The molecule has 0 bridgehead atoms. The number of ether oxygens (including phenoxy) is 2. The molecule has 0 unspecified atom stereocenters. The molecular weight excluding hydrogens is 466 g/mol. The van der Waals surface area contributed by atoms with Gasteiger partial charge in [0.1, 0.15) is 6.61 Å². The summed E-state index contributed by atoms with van der Waals surface area (Å²) in [6, 6.07) is 6.93. The fourth-order valence-electron chi connectivity index (χ4n) is 4.11. The van der Waals surface area contributed by atoms with Gasteiger partial charge in [0.2, 0.25) is 6.23 Å². The Morgan fingerprint density at radius 3 is 2.53 bits per heavy atom. The molecule has 1 aliphatic carbocycles.